The molecule has 2 rings (SSSR count). The molecule has 1 fully saturated rings. The normalized spacial score (nSPS) is 17.2. The van der Waals surface area contributed by atoms with Gasteiger partial charge in [-0.1, -0.05) is 17.9 Å². The maximum atomic E-state index is 11.9. The monoisotopic (exact) mass is 274 g/mol. The highest BCUT2D eigenvalue weighted by atomic mass is 16.5. The van der Waals surface area contributed by atoms with Gasteiger partial charge in [0.15, 0.2) is 0 Å². The van der Waals surface area contributed by atoms with Crippen molar-refractivity contribution in [1.29, 1.82) is 0 Å². The third kappa shape index (κ3) is 3.98. The number of anilines is 1. The Hall–Kier alpha value is -2.03. The quantitative estimate of drug-likeness (QED) is 0.711. The van der Waals surface area contributed by atoms with Gasteiger partial charge in [0.2, 0.25) is 0 Å². The second kappa shape index (κ2) is 6.94. The minimum atomic E-state index is -0.267. The van der Waals surface area contributed by atoms with Crippen LogP contribution in [0.3, 0.4) is 0 Å². The molecule has 1 saturated heterocycles. The fourth-order valence-electron chi connectivity index (χ4n) is 2.00. The number of ether oxygens (including phenoxy) is 1. The Balaban J connectivity index is 2.05. The molecule has 5 heteroatoms. The number of carbonyl (C=O) groups is 1. The van der Waals surface area contributed by atoms with Crippen LogP contribution in [0.15, 0.2) is 18.2 Å². The third-order valence-electron chi connectivity index (χ3n) is 2.99. The maximum absolute atomic E-state index is 11.9. The molecule has 1 aromatic rings. The Morgan fingerprint density at radius 2 is 2.40 bits per heavy atom. The first kappa shape index (κ1) is 14.4. The second-order valence-electron chi connectivity index (χ2n) is 4.67. The first-order chi connectivity index (χ1) is 9.69. The Morgan fingerprint density at radius 3 is 3.10 bits per heavy atom. The molecular weight excluding hydrogens is 256 g/mol. The van der Waals surface area contributed by atoms with E-state index in [-0.39, 0.29) is 18.7 Å². The Labute approximate surface area is 118 Å². The molecule has 1 atom stereocenters. The van der Waals surface area contributed by atoms with Gasteiger partial charge in [0.1, 0.15) is 6.61 Å². The van der Waals surface area contributed by atoms with Crippen LogP contribution in [-0.2, 0) is 4.74 Å². The number of rotatable bonds is 2. The van der Waals surface area contributed by atoms with Gasteiger partial charge < -0.3 is 20.5 Å². The summed E-state index contributed by atoms with van der Waals surface area (Å²) >= 11 is 0. The lowest BCUT2D eigenvalue weighted by molar-refractivity contribution is 0.189. The van der Waals surface area contributed by atoms with Crippen LogP contribution >= 0.6 is 0 Å². The molecular formula is C15H18N2O3. The number of aryl methyl sites for hydroxylation is 1. The molecule has 0 saturated carbocycles. The predicted molar refractivity (Wildman–Crippen MR) is 76.5 cm³/mol. The van der Waals surface area contributed by atoms with Gasteiger partial charge in [-0.25, -0.2) is 4.79 Å². The van der Waals surface area contributed by atoms with Crippen molar-refractivity contribution in [2.75, 3.05) is 25.1 Å². The van der Waals surface area contributed by atoms with Crippen LogP contribution in [0.5, 0.6) is 0 Å². The molecule has 0 spiro atoms. The minimum Gasteiger partial charge on any atom is -0.384 e. The number of nitrogens with one attached hydrogen (secondary N) is 2. The smallest absolute Gasteiger partial charge is 0.319 e. The van der Waals surface area contributed by atoms with Crippen molar-refractivity contribution < 1.29 is 14.6 Å². The van der Waals surface area contributed by atoms with E-state index < -0.39 is 0 Å². The summed E-state index contributed by atoms with van der Waals surface area (Å²) in [6.07, 6.45) is 0.832. The standard InChI is InChI=1S/C15H18N2O3/c1-11-4-5-14(12(9-11)3-2-7-18)17-15(19)16-13-6-8-20-10-13/h4-5,9,13,18H,6-8,10H2,1H3,(H2,16,17,19). The van der Waals surface area contributed by atoms with Crippen molar-refractivity contribution in [3.8, 4) is 11.8 Å². The molecule has 0 radical (unpaired) electrons. The van der Waals surface area contributed by atoms with Gasteiger partial charge in [-0.2, -0.15) is 0 Å². The van der Waals surface area contributed by atoms with E-state index in [1.54, 1.807) is 6.07 Å². The first-order valence-electron chi connectivity index (χ1n) is 6.54. The molecule has 1 aromatic carbocycles. The summed E-state index contributed by atoms with van der Waals surface area (Å²) in [5.41, 5.74) is 2.37. The van der Waals surface area contributed by atoms with Crippen molar-refractivity contribution in [2.24, 2.45) is 0 Å². The van der Waals surface area contributed by atoms with Gasteiger partial charge in [-0.05, 0) is 31.0 Å². The average Bonchev–Trinajstić information content (AvgIpc) is 2.91. The largest absolute Gasteiger partial charge is 0.384 e. The van der Waals surface area contributed by atoms with E-state index in [2.05, 4.69) is 22.5 Å². The molecule has 0 bridgehead atoms. The lowest BCUT2D eigenvalue weighted by Gasteiger charge is -2.13. The van der Waals surface area contributed by atoms with E-state index in [4.69, 9.17) is 9.84 Å². The number of carbonyl (C=O) groups excluding carboxylic acids is 1. The molecule has 0 aliphatic carbocycles. The Bertz CT molecular complexity index is 540. The number of hydrogen-bond acceptors (Lipinski definition) is 3. The van der Waals surface area contributed by atoms with E-state index in [1.807, 2.05) is 19.1 Å². The zero-order valence-electron chi connectivity index (χ0n) is 11.4. The topological polar surface area (TPSA) is 70.6 Å². The molecule has 3 N–H and O–H groups in total. The predicted octanol–water partition coefficient (Wildman–Crippen LogP) is 1.25. The number of amides is 2. The molecule has 2 amide bonds. The fraction of sp³-hybridized carbons (Fsp3) is 0.400. The first-order valence-corrected chi connectivity index (χ1v) is 6.54. The van der Waals surface area contributed by atoms with Crippen LogP contribution in [0.2, 0.25) is 0 Å². The summed E-state index contributed by atoms with van der Waals surface area (Å²) < 4.78 is 5.21. The average molecular weight is 274 g/mol. The lowest BCUT2D eigenvalue weighted by atomic mass is 10.1. The zero-order valence-corrected chi connectivity index (χ0v) is 11.4. The van der Waals surface area contributed by atoms with E-state index in [0.717, 1.165) is 12.0 Å². The summed E-state index contributed by atoms with van der Waals surface area (Å²) in [7, 11) is 0. The lowest BCUT2D eigenvalue weighted by Crippen LogP contribution is -2.38. The molecule has 20 heavy (non-hydrogen) atoms. The summed E-state index contributed by atoms with van der Waals surface area (Å²) in [5, 5.41) is 14.4. The number of aliphatic hydroxyl groups is 1. The van der Waals surface area contributed by atoms with Crippen molar-refractivity contribution in [3.05, 3.63) is 29.3 Å². The summed E-state index contributed by atoms with van der Waals surface area (Å²) in [6.45, 7) is 2.98. The van der Waals surface area contributed by atoms with Gasteiger partial charge in [0, 0.05) is 12.2 Å². The zero-order chi connectivity index (χ0) is 14.4. The molecule has 0 aromatic heterocycles. The van der Waals surface area contributed by atoms with Crippen molar-refractivity contribution >= 4 is 11.7 Å². The van der Waals surface area contributed by atoms with Crippen molar-refractivity contribution in [1.82, 2.24) is 5.32 Å². The summed E-state index contributed by atoms with van der Waals surface area (Å²) in [5.74, 6) is 5.43. The van der Waals surface area contributed by atoms with Gasteiger partial charge in [-0.15, -0.1) is 0 Å². The van der Waals surface area contributed by atoms with Crippen molar-refractivity contribution in [2.45, 2.75) is 19.4 Å². The molecule has 1 aliphatic rings. The second-order valence-corrected chi connectivity index (χ2v) is 4.67. The molecule has 1 unspecified atom stereocenters. The van der Waals surface area contributed by atoms with Crippen LogP contribution in [0.25, 0.3) is 0 Å². The number of aliphatic hydroxyl groups excluding tert-OH is 1. The van der Waals surface area contributed by atoms with E-state index in [1.165, 1.54) is 0 Å². The molecule has 1 aliphatic heterocycles. The van der Waals surface area contributed by atoms with Gasteiger partial charge in [-0.3, -0.25) is 0 Å². The molecule has 106 valence electrons. The maximum Gasteiger partial charge on any atom is 0.319 e. The number of hydrogen-bond donors (Lipinski definition) is 3. The Morgan fingerprint density at radius 1 is 1.55 bits per heavy atom. The number of urea groups is 1. The van der Waals surface area contributed by atoms with E-state index in [9.17, 15) is 4.79 Å². The Kier molecular flexibility index (Phi) is 4.99. The summed E-state index contributed by atoms with van der Waals surface area (Å²) in [4.78, 5) is 11.9. The highest BCUT2D eigenvalue weighted by molar-refractivity contribution is 5.91. The van der Waals surface area contributed by atoms with Crippen LogP contribution in [0.1, 0.15) is 17.5 Å². The fourth-order valence-corrected chi connectivity index (χ4v) is 2.00. The third-order valence-corrected chi connectivity index (χ3v) is 2.99. The highest BCUT2D eigenvalue weighted by Crippen LogP contribution is 2.16. The van der Waals surface area contributed by atoms with Crippen molar-refractivity contribution in [3.63, 3.8) is 0 Å². The molecule has 5 nitrogen and oxygen atoms in total. The van der Waals surface area contributed by atoms with Crippen LogP contribution in [-0.4, -0.2) is 37.0 Å². The number of benzene rings is 1. The molecule has 1 heterocycles. The highest BCUT2D eigenvalue weighted by Gasteiger charge is 2.18. The van der Waals surface area contributed by atoms with Gasteiger partial charge >= 0.3 is 6.03 Å². The van der Waals surface area contributed by atoms with Gasteiger partial charge in [0.05, 0.1) is 18.3 Å². The minimum absolute atomic E-state index is 0.0624. The summed E-state index contributed by atoms with van der Waals surface area (Å²) in [6, 6.07) is 5.38. The van der Waals surface area contributed by atoms with Crippen LogP contribution in [0.4, 0.5) is 10.5 Å². The van der Waals surface area contributed by atoms with E-state index >= 15 is 0 Å². The van der Waals surface area contributed by atoms with Gasteiger partial charge in [0.25, 0.3) is 0 Å². The SMILES string of the molecule is Cc1ccc(NC(=O)NC2CCOC2)c(C#CCO)c1. The van der Waals surface area contributed by atoms with Crippen LogP contribution in [0, 0.1) is 18.8 Å². The van der Waals surface area contributed by atoms with Crippen LogP contribution < -0.4 is 10.6 Å². The van der Waals surface area contributed by atoms with E-state index in [0.29, 0.717) is 24.5 Å².